The normalized spacial score (nSPS) is 12.1. The van der Waals surface area contributed by atoms with E-state index in [0.29, 0.717) is 6.54 Å². The molecule has 0 radical (unpaired) electrons. The molecule has 0 bridgehead atoms. The Morgan fingerprint density at radius 1 is 1.25 bits per heavy atom. The van der Waals surface area contributed by atoms with Crippen LogP contribution in [0.15, 0.2) is 12.1 Å². The van der Waals surface area contributed by atoms with Gasteiger partial charge in [-0.15, -0.1) is 0 Å². The fourth-order valence-corrected chi connectivity index (χ4v) is 1.94. The standard InChI is InChI=1S/C15H22F2N2O/c1-4-6-7-10(3)19-15(20)11-8-12(16)14(18-5-2)13(17)9-11/h8-10,18H,4-7H2,1-3H3,(H,19,20). The molecule has 0 aliphatic rings. The van der Waals surface area contributed by atoms with Crippen LogP contribution in [0.3, 0.4) is 0 Å². The molecule has 0 saturated carbocycles. The summed E-state index contributed by atoms with van der Waals surface area (Å²) in [6.07, 6.45) is 2.90. The lowest BCUT2D eigenvalue weighted by Crippen LogP contribution is -2.32. The Morgan fingerprint density at radius 3 is 2.35 bits per heavy atom. The minimum Gasteiger partial charge on any atom is -0.381 e. The SMILES string of the molecule is CCCCC(C)NC(=O)c1cc(F)c(NCC)c(F)c1. The van der Waals surface area contributed by atoms with Crippen molar-refractivity contribution < 1.29 is 13.6 Å². The van der Waals surface area contributed by atoms with Crippen LogP contribution >= 0.6 is 0 Å². The molecule has 0 heterocycles. The second-order valence-electron chi connectivity index (χ2n) is 4.86. The molecule has 20 heavy (non-hydrogen) atoms. The molecular weight excluding hydrogens is 262 g/mol. The molecule has 1 aromatic rings. The van der Waals surface area contributed by atoms with Crippen LogP contribution in [0.2, 0.25) is 0 Å². The first-order valence-electron chi connectivity index (χ1n) is 7.03. The lowest BCUT2D eigenvalue weighted by atomic mass is 10.1. The predicted octanol–water partition coefficient (Wildman–Crippen LogP) is 3.71. The van der Waals surface area contributed by atoms with Crippen LogP contribution < -0.4 is 10.6 Å². The summed E-state index contributed by atoms with van der Waals surface area (Å²) < 4.78 is 27.4. The van der Waals surface area contributed by atoms with E-state index >= 15 is 0 Å². The first-order chi connectivity index (χ1) is 9.49. The molecule has 0 spiro atoms. The monoisotopic (exact) mass is 284 g/mol. The molecule has 0 aliphatic heterocycles. The Bertz CT molecular complexity index is 440. The van der Waals surface area contributed by atoms with E-state index in [4.69, 9.17) is 0 Å². The minimum absolute atomic E-state index is 0.00463. The van der Waals surface area contributed by atoms with Crippen LogP contribution in [-0.4, -0.2) is 18.5 Å². The molecule has 0 saturated heterocycles. The van der Waals surface area contributed by atoms with Crippen molar-refractivity contribution in [2.24, 2.45) is 0 Å². The Balaban J connectivity index is 2.79. The van der Waals surface area contributed by atoms with Gasteiger partial charge in [0.25, 0.3) is 5.91 Å². The van der Waals surface area contributed by atoms with Gasteiger partial charge in [0.2, 0.25) is 0 Å². The van der Waals surface area contributed by atoms with E-state index in [0.717, 1.165) is 31.4 Å². The fraction of sp³-hybridized carbons (Fsp3) is 0.533. The number of benzene rings is 1. The van der Waals surface area contributed by atoms with E-state index in [1.807, 2.05) is 6.92 Å². The van der Waals surface area contributed by atoms with Crippen molar-refractivity contribution in [3.05, 3.63) is 29.3 Å². The summed E-state index contributed by atoms with van der Waals surface area (Å²) in [5, 5.41) is 5.34. The van der Waals surface area contributed by atoms with Crippen LogP contribution in [-0.2, 0) is 0 Å². The highest BCUT2D eigenvalue weighted by atomic mass is 19.1. The van der Waals surface area contributed by atoms with E-state index in [1.165, 1.54) is 0 Å². The molecule has 1 aromatic carbocycles. The number of anilines is 1. The van der Waals surface area contributed by atoms with Gasteiger partial charge in [-0.05, 0) is 32.4 Å². The smallest absolute Gasteiger partial charge is 0.251 e. The molecule has 2 N–H and O–H groups in total. The highest BCUT2D eigenvalue weighted by molar-refractivity contribution is 5.94. The molecule has 1 unspecified atom stereocenters. The Morgan fingerprint density at radius 2 is 1.85 bits per heavy atom. The van der Waals surface area contributed by atoms with Crippen molar-refractivity contribution in [1.82, 2.24) is 5.32 Å². The van der Waals surface area contributed by atoms with E-state index in [1.54, 1.807) is 6.92 Å². The molecule has 112 valence electrons. The third-order valence-corrected chi connectivity index (χ3v) is 3.03. The average Bonchev–Trinajstić information content (AvgIpc) is 2.40. The topological polar surface area (TPSA) is 41.1 Å². The number of rotatable bonds is 7. The first kappa shape index (κ1) is 16.4. The fourth-order valence-electron chi connectivity index (χ4n) is 1.94. The highest BCUT2D eigenvalue weighted by Gasteiger charge is 2.16. The summed E-state index contributed by atoms with van der Waals surface area (Å²) in [6, 6.07) is 2.10. The zero-order valence-corrected chi connectivity index (χ0v) is 12.2. The first-order valence-corrected chi connectivity index (χ1v) is 7.03. The maximum atomic E-state index is 13.7. The number of hydrogen-bond acceptors (Lipinski definition) is 2. The van der Waals surface area contributed by atoms with Crippen molar-refractivity contribution in [1.29, 1.82) is 0 Å². The number of carbonyl (C=O) groups excluding carboxylic acids is 1. The number of carbonyl (C=O) groups is 1. The molecule has 0 aliphatic carbocycles. The van der Waals surface area contributed by atoms with Gasteiger partial charge in [-0.1, -0.05) is 19.8 Å². The molecule has 1 amide bonds. The summed E-state index contributed by atoms with van der Waals surface area (Å²) in [6.45, 7) is 6.11. The van der Waals surface area contributed by atoms with Crippen molar-refractivity contribution >= 4 is 11.6 Å². The van der Waals surface area contributed by atoms with E-state index < -0.39 is 17.5 Å². The summed E-state index contributed by atoms with van der Waals surface area (Å²) in [5.74, 6) is -1.95. The third kappa shape index (κ3) is 4.47. The van der Waals surface area contributed by atoms with Crippen LogP contribution in [0.5, 0.6) is 0 Å². The van der Waals surface area contributed by atoms with Gasteiger partial charge in [0.1, 0.15) is 17.3 Å². The van der Waals surface area contributed by atoms with Gasteiger partial charge in [-0.25, -0.2) is 8.78 Å². The molecule has 0 fully saturated rings. The average molecular weight is 284 g/mol. The molecular formula is C15H22F2N2O. The van der Waals surface area contributed by atoms with Crippen molar-refractivity contribution in [2.45, 2.75) is 46.1 Å². The lowest BCUT2D eigenvalue weighted by molar-refractivity contribution is 0.0937. The van der Waals surface area contributed by atoms with Crippen molar-refractivity contribution in [2.75, 3.05) is 11.9 Å². The summed E-state index contributed by atoms with van der Waals surface area (Å²) in [5.41, 5.74) is -0.187. The van der Waals surface area contributed by atoms with Crippen LogP contribution in [0.25, 0.3) is 0 Å². The summed E-state index contributed by atoms with van der Waals surface area (Å²) in [4.78, 5) is 11.9. The van der Waals surface area contributed by atoms with Crippen LogP contribution in [0.4, 0.5) is 14.5 Å². The zero-order valence-electron chi connectivity index (χ0n) is 12.2. The largest absolute Gasteiger partial charge is 0.381 e. The van der Waals surface area contributed by atoms with Crippen molar-refractivity contribution in [3.8, 4) is 0 Å². The van der Waals surface area contributed by atoms with Gasteiger partial charge in [0, 0.05) is 18.2 Å². The van der Waals surface area contributed by atoms with Crippen molar-refractivity contribution in [3.63, 3.8) is 0 Å². The third-order valence-electron chi connectivity index (χ3n) is 3.03. The van der Waals surface area contributed by atoms with Gasteiger partial charge in [0.05, 0.1) is 0 Å². The number of unbranched alkanes of at least 4 members (excludes halogenated alkanes) is 1. The second kappa shape index (κ2) is 7.82. The van der Waals surface area contributed by atoms with Crippen LogP contribution in [0, 0.1) is 11.6 Å². The minimum atomic E-state index is -0.752. The van der Waals surface area contributed by atoms with Gasteiger partial charge < -0.3 is 10.6 Å². The summed E-state index contributed by atoms with van der Waals surface area (Å²) >= 11 is 0. The molecule has 3 nitrogen and oxygen atoms in total. The molecule has 5 heteroatoms. The molecule has 1 atom stereocenters. The van der Waals surface area contributed by atoms with Gasteiger partial charge in [0.15, 0.2) is 0 Å². The number of amides is 1. The maximum absolute atomic E-state index is 13.7. The van der Waals surface area contributed by atoms with Crippen LogP contribution in [0.1, 0.15) is 50.4 Å². The second-order valence-corrected chi connectivity index (χ2v) is 4.86. The van der Waals surface area contributed by atoms with E-state index in [2.05, 4.69) is 17.6 Å². The number of hydrogen-bond donors (Lipinski definition) is 2. The van der Waals surface area contributed by atoms with E-state index in [9.17, 15) is 13.6 Å². The van der Waals surface area contributed by atoms with Gasteiger partial charge in [-0.3, -0.25) is 4.79 Å². The van der Waals surface area contributed by atoms with Gasteiger partial charge >= 0.3 is 0 Å². The Labute approximate surface area is 118 Å². The Kier molecular flexibility index (Phi) is 6.42. The zero-order chi connectivity index (χ0) is 15.1. The summed E-state index contributed by atoms with van der Waals surface area (Å²) in [7, 11) is 0. The number of halogens is 2. The van der Waals surface area contributed by atoms with Gasteiger partial charge in [-0.2, -0.15) is 0 Å². The maximum Gasteiger partial charge on any atom is 0.251 e. The lowest BCUT2D eigenvalue weighted by Gasteiger charge is -2.14. The Hall–Kier alpha value is -1.65. The number of nitrogens with one attached hydrogen (secondary N) is 2. The quantitative estimate of drug-likeness (QED) is 0.801. The highest BCUT2D eigenvalue weighted by Crippen LogP contribution is 2.20. The molecule has 1 rings (SSSR count). The van der Waals surface area contributed by atoms with E-state index in [-0.39, 0.29) is 17.3 Å². The predicted molar refractivity (Wildman–Crippen MR) is 77.0 cm³/mol. The molecule has 0 aromatic heterocycles.